The number of hydrogen-bond donors (Lipinski definition) is 0. The number of aryl methyl sites for hydroxylation is 1. The predicted molar refractivity (Wildman–Crippen MR) is 91.5 cm³/mol. The van der Waals surface area contributed by atoms with E-state index >= 15 is 0 Å². The first-order valence-corrected chi connectivity index (χ1v) is 8.77. The van der Waals surface area contributed by atoms with Crippen molar-refractivity contribution in [1.29, 1.82) is 0 Å². The molecule has 0 radical (unpaired) electrons. The van der Waals surface area contributed by atoms with Crippen molar-refractivity contribution in [2.75, 3.05) is 26.7 Å². The molecule has 6 nitrogen and oxygen atoms in total. The highest BCUT2D eigenvalue weighted by Crippen LogP contribution is 2.25. The number of carbonyl (C=O) groups excluding carboxylic acids is 1. The molecular formula is C16H23N5OS. The van der Waals surface area contributed by atoms with Gasteiger partial charge in [-0.25, -0.2) is 4.98 Å². The first kappa shape index (κ1) is 16.1. The molecule has 1 fully saturated rings. The SMILES string of the molecule is CC(C)C1CN(C)CCN1C(=O)c1csc(-c2cnn(C)c2)n1. The minimum atomic E-state index is 0.0446. The third kappa shape index (κ3) is 3.30. The Kier molecular flexibility index (Phi) is 4.50. The third-order valence-electron chi connectivity index (χ3n) is 4.33. The Labute approximate surface area is 140 Å². The van der Waals surface area contributed by atoms with Crippen molar-refractivity contribution in [3.63, 3.8) is 0 Å². The van der Waals surface area contributed by atoms with Crippen LogP contribution in [0.1, 0.15) is 24.3 Å². The number of nitrogens with zero attached hydrogens (tertiary/aromatic N) is 5. The summed E-state index contributed by atoms with van der Waals surface area (Å²) >= 11 is 1.50. The van der Waals surface area contributed by atoms with Gasteiger partial charge in [0.05, 0.1) is 6.20 Å². The van der Waals surface area contributed by atoms with Gasteiger partial charge in [0.1, 0.15) is 10.7 Å². The van der Waals surface area contributed by atoms with E-state index < -0.39 is 0 Å². The van der Waals surface area contributed by atoms with Gasteiger partial charge >= 0.3 is 0 Å². The van der Waals surface area contributed by atoms with Crippen LogP contribution in [0.4, 0.5) is 0 Å². The standard InChI is InChI=1S/C16H23N5OS/c1-11(2)14-9-19(3)5-6-21(14)16(22)13-10-23-15(18-13)12-7-17-20(4)8-12/h7-8,10-11,14H,5-6,9H2,1-4H3. The Bertz CT molecular complexity index is 692. The summed E-state index contributed by atoms with van der Waals surface area (Å²) in [5, 5.41) is 6.87. The molecule has 1 atom stereocenters. The van der Waals surface area contributed by atoms with Crippen LogP contribution in [0.25, 0.3) is 10.6 Å². The molecule has 1 aliphatic heterocycles. The van der Waals surface area contributed by atoms with E-state index in [-0.39, 0.29) is 11.9 Å². The fraction of sp³-hybridized carbons (Fsp3) is 0.562. The van der Waals surface area contributed by atoms with Crippen LogP contribution < -0.4 is 0 Å². The molecule has 0 aromatic carbocycles. The normalized spacial score (nSPS) is 19.5. The summed E-state index contributed by atoms with van der Waals surface area (Å²) in [7, 11) is 3.99. The topological polar surface area (TPSA) is 54.3 Å². The molecular weight excluding hydrogens is 310 g/mol. The van der Waals surface area contributed by atoms with Crippen LogP contribution in [0.2, 0.25) is 0 Å². The monoisotopic (exact) mass is 333 g/mol. The summed E-state index contributed by atoms with van der Waals surface area (Å²) in [5.41, 5.74) is 1.50. The number of likely N-dealkylation sites (N-methyl/N-ethyl adjacent to an activating group) is 1. The molecule has 3 rings (SSSR count). The van der Waals surface area contributed by atoms with E-state index in [0.29, 0.717) is 11.6 Å². The second kappa shape index (κ2) is 6.41. The molecule has 7 heteroatoms. The van der Waals surface area contributed by atoms with E-state index in [9.17, 15) is 4.79 Å². The summed E-state index contributed by atoms with van der Waals surface area (Å²) in [6.07, 6.45) is 3.69. The smallest absolute Gasteiger partial charge is 0.273 e. The molecule has 3 heterocycles. The summed E-state index contributed by atoms with van der Waals surface area (Å²) in [5.74, 6) is 0.473. The zero-order chi connectivity index (χ0) is 16.6. The van der Waals surface area contributed by atoms with Crippen LogP contribution in [-0.2, 0) is 7.05 Å². The second-order valence-electron chi connectivity index (χ2n) is 6.51. The Hall–Kier alpha value is -1.73. The molecule has 1 amide bonds. The van der Waals surface area contributed by atoms with E-state index in [2.05, 4.69) is 35.9 Å². The van der Waals surface area contributed by atoms with Gasteiger partial charge in [-0.3, -0.25) is 9.48 Å². The Morgan fingerprint density at radius 1 is 1.35 bits per heavy atom. The average molecular weight is 333 g/mol. The lowest BCUT2D eigenvalue weighted by atomic mass is 9.99. The summed E-state index contributed by atoms with van der Waals surface area (Å²) in [4.78, 5) is 21.7. The fourth-order valence-corrected chi connectivity index (χ4v) is 3.73. The van der Waals surface area contributed by atoms with E-state index in [0.717, 1.165) is 30.2 Å². The van der Waals surface area contributed by atoms with Crippen molar-refractivity contribution in [3.05, 3.63) is 23.5 Å². The van der Waals surface area contributed by atoms with Crippen LogP contribution in [-0.4, -0.2) is 63.2 Å². The van der Waals surface area contributed by atoms with Gasteiger partial charge in [0.15, 0.2) is 0 Å². The second-order valence-corrected chi connectivity index (χ2v) is 7.37. The molecule has 2 aromatic heterocycles. The zero-order valence-corrected chi connectivity index (χ0v) is 14.9. The molecule has 0 bridgehead atoms. The van der Waals surface area contributed by atoms with E-state index in [4.69, 9.17) is 0 Å². The van der Waals surface area contributed by atoms with Crippen LogP contribution in [0.15, 0.2) is 17.8 Å². The van der Waals surface area contributed by atoms with Gasteiger partial charge < -0.3 is 9.80 Å². The van der Waals surface area contributed by atoms with Gasteiger partial charge in [0, 0.05) is 49.9 Å². The molecule has 2 aromatic rings. The lowest BCUT2D eigenvalue weighted by molar-refractivity contribution is 0.0398. The number of hydrogen-bond acceptors (Lipinski definition) is 5. The molecule has 1 unspecified atom stereocenters. The van der Waals surface area contributed by atoms with Gasteiger partial charge in [-0.1, -0.05) is 13.8 Å². The zero-order valence-electron chi connectivity index (χ0n) is 14.1. The first-order chi connectivity index (χ1) is 11.0. The Morgan fingerprint density at radius 3 is 2.78 bits per heavy atom. The number of carbonyl (C=O) groups is 1. The van der Waals surface area contributed by atoms with Gasteiger partial charge in [0.25, 0.3) is 5.91 Å². The molecule has 1 saturated heterocycles. The molecule has 124 valence electrons. The highest BCUT2D eigenvalue weighted by Gasteiger charge is 2.32. The van der Waals surface area contributed by atoms with Crippen molar-refractivity contribution in [3.8, 4) is 10.6 Å². The van der Waals surface area contributed by atoms with Crippen LogP contribution >= 0.6 is 11.3 Å². The Morgan fingerprint density at radius 2 is 2.13 bits per heavy atom. The van der Waals surface area contributed by atoms with E-state index in [1.165, 1.54) is 11.3 Å². The quantitative estimate of drug-likeness (QED) is 0.861. The van der Waals surface area contributed by atoms with Crippen molar-refractivity contribution < 1.29 is 4.79 Å². The van der Waals surface area contributed by atoms with Gasteiger partial charge in [-0.2, -0.15) is 5.10 Å². The summed E-state index contributed by atoms with van der Waals surface area (Å²) < 4.78 is 1.74. The molecule has 0 N–H and O–H groups in total. The van der Waals surface area contributed by atoms with Crippen LogP contribution in [0.3, 0.4) is 0 Å². The lowest BCUT2D eigenvalue weighted by Crippen LogP contribution is -2.56. The van der Waals surface area contributed by atoms with Crippen LogP contribution in [0, 0.1) is 5.92 Å². The lowest BCUT2D eigenvalue weighted by Gasteiger charge is -2.41. The maximum atomic E-state index is 12.9. The highest BCUT2D eigenvalue weighted by atomic mass is 32.1. The average Bonchev–Trinajstić information content (AvgIpc) is 3.15. The third-order valence-corrected chi connectivity index (χ3v) is 5.22. The maximum absolute atomic E-state index is 12.9. The molecule has 0 aliphatic carbocycles. The predicted octanol–water partition coefficient (Wildman–Crippen LogP) is 1.96. The number of piperazine rings is 1. The van der Waals surface area contributed by atoms with Crippen LogP contribution in [0.5, 0.6) is 0 Å². The van der Waals surface area contributed by atoms with E-state index in [1.807, 2.05) is 23.5 Å². The minimum absolute atomic E-state index is 0.0446. The number of aromatic nitrogens is 3. The van der Waals surface area contributed by atoms with Crippen molar-refractivity contribution in [2.45, 2.75) is 19.9 Å². The maximum Gasteiger partial charge on any atom is 0.273 e. The largest absolute Gasteiger partial charge is 0.331 e. The van der Waals surface area contributed by atoms with Crippen molar-refractivity contribution in [2.24, 2.45) is 13.0 Å². The highest BCUT2D eigenvalue weighted by molar-refractivity contribution is 7.13. The molecule has 1 aliphatic rings. The first-order valence-electron chi connectivity index (χ1n) is 7.89. The number of thiazole rings is 1. The summed E-state index contributed by atoms with van der Waals surface area (Å²) in [6, 6.07) is 0.241. The minimum Gasteiger partial charge on any atom is -0.331 e. The molecule has 0 saturated carbocycles. The van der Waals surface area contributed by atoms with Crippen molar-refractivity contribution in [1.82, 2.24) is 24.6 Å². The van der Waals surface area contributed by atoms with Crippen molar-refractivity contribution >= 4 is 17.2 Å². The van der Waals surface area contributed by atoms with Gasteiger partial charge in [-0.15, -0.1) is 11.3 Å². The Balaban J connectivity index is 1.81. The van der Waals surface area contributed by atoms with Gasteiger partial charge in [0.2, 0.25) is 0 Å². The molecule has 0 spiro atoms. The fourth-order valence-electron chi connectivity index (χ4n) is 2.96. The number of amides is 1. The number of rotatable bonds is 3. The van der Waals surface area contributed by atoms with E-state index in [1.54, 1.807) is 10.9 Å². The van der Waals surface area contributed by atoms with Gasteiger partial charge in [-0.05, 0) is 13.0 Å². The summed E-state index contributed by atoms with van der Waals surface area (Å²) in [6.45, 7) is 6.94. The molecule has 23 heavy (non-hydrogen) atoms.